The number of carbonyl (C=O) groups excluding carboxylic acids is 2. The van der Waals surface area contributed by atoms with Crippen molar-refractivity contribution in [3.8, 4) is 11.5 Å². The van der Waals surface area contributed by atoms with Gasteiger partial charge in [0.15, 0.2) is 11.5 Å². The number of hydrogen-bond donors (Lipinski definition) is 0. The number of rotatable bonds is 13. The minimum atomic E-state index is -0.108. The molecule has 0 saturated carbocycles. The summed E-state index contributed by atoms with van der Waals surface area (Å²) in [4.78, 5) is 31.3. The Morgan fingerprint density at radius 3 is 2.46 bits per heavy atom. The van der Waals surface area contributed by atoms with Gasteiger partial charge in [0.2, 0.25) is 11.8 Å². The molecule has 0 N–H and O–H groups in total. The molecule has 0 unspecified atom stereocenters. The lowest BCUT2D eigenvalue weighted by Crippen LogP contribution is -2.44. The van der Waals surface area contributed by atoms with Crippen LogP contribution < -0.4 is 9.47 Å². The Bertz CT molecular complexity index is 927. The number of methoxy groups -OCH3 is 2. The topological polar surface area (TPSA) is 84.7 Å². The van der Waals surface area contributed by atoms with Gasteiger partial charge in [-0.05, 0) is 42.7 Å². The van der Waals surface area contributed by atoms with Gasteiger partial charge in [0.1, 0.15) is 5.76 Å². The van der Waals surface area contributed by atoms with E-state index < -0.39 is 0 Å². The Hall–Kier alpha value is -3.04. The van der Waals surface area contributed by atoms with Crippen molar-refractivity contribution in [2.75, 3.05) is 66.7 Å². The van der Waals surface area contributed by atoms with Gasteiger partial charge in [-0.2, -0.15) is 0 Å². The normalized spacial score (nSPS) is 13.9. The second kappa shape index (κ2) is 13.7. The van der Waals surface area contributed by atoms with Crippen molar-refractivity contribution < 1.29 is 28.2 Å². The molecule has 1 aromatic carbocycles. The molecule has 3 rings (SSSR count). The van der Waals surface area contributed by atoms with Crippen LogP contribution in [0.15, 0.2) is 41.0 Å². The summed E-state index contributed by atoms with van der Waals surface area (Å²) < 4.78 is 21.6. The molecule has 1 fully saturated rings. The summed E-state index contributed by atoms with van der Waals surface area (Å²) in [6.07, 6.45) is 3.04. The Morgan fingerprint density at radius 2 is 1.80 bits per heavy atom. The number of morpholine rings is 1. The van der Waals surface area contributed by atoms with E-state index in [0.29, 0.717) is 43.3 Å². The monoisotopic (exact) mass is 487 g/mol. The molecule has 9 nitrogen and oxygen atoms in total. The largest absolute Gasteiger partial charge is 0.493 e. The Morgan fingerprint density at radius 1 is 1.03 bits per heavy atom. The molecule has 0 bridgehead atoms. The molecule has 0 aliphatic carbocycles. The minimum absolute atomic E-state index is 0.0467. The standard InChI is InChI=1S/C26H37N3O6/c1-21(30)28(11-5-10-27-13-16-34-17-14-27)20-26(31)29(19-23-6-4-15-35-23)12-9-22-7-8-24(32-2)25(18-22)33-3/h4,6-8,15,18H,5,9-14,16-17,19-20H2,1-3H3. The summed E-state index contributed by atoms with van der Waals surface area (Å²) in [6, 6.07) is 9.40. The van der Waals surface area contributed by atoms with E-state index in [9.17, 15) is 9.59 Å². The molecule has 2 heterocycles. The first kappa shape index (κ1) is 26.6. The summed E-state index contributed by atoms with van der Waals surface area (Å²) in [6.45, 7) is 7.13. The summed E-state index contributed by atoms with van der Waals surface area (Å²) in [5.41, 5.74) is 1.02. The molecule has 2 amide bonds. The average molecular weight is 488 g/mol. The molecule has 35 heavy (non-hydrogen) atoms. The number of carbonyl (C=O) groups is 2. The smallest absolute Gasteiger partial charge is 0.242 e. The molecule has 1 saturated heterocycles. The summed E-state index contributed by atoms with van der Waals surface area (Å²) in [7, 11) is 3.20. The fourth-order valence-corrected chi connectivity index (χ4v) is 4.10. The van der Waals surface area contributed by atoms with Crippen molar-refractivity contribution in [2.45, 2.75) is 26.3 Å². The van der Waals surface area contributed by atoms with E-state index in [2.05, 4.69) is 4.90 Å². The Kier molecular flexibility index (Phi) is 10.4. The third kappa shape index (κ3) is 8.29. The molecular weight excluding hydrogens is 450 g/mol. The van der Waals surface area contributed by atoms with Crippen molar-refractivity contribution in [1.29, 1.82) is 0 Å². The maximum Gasteiger partial charge on any atom is 0.242 e. The lowest BCUT2D eigenvalue weighted by Gasteiger charge is -2.29. The second-order valence-electron chi connectivity index (χ2n) is 8.58. The zero-order valence-corrected chi connectivity index (χ0v) is 21.0. The van der Waals surface area contributed by atoms with E-state index in [0.717, 1.165) is 44.8 Å². The number of benzene rings is 1. The molecule has 1 aliphatic heterocycles. The Balaban J connectivity index is 1.61. The second-order valence-corrected chi connectivity index (χ2v) is 8.58. The lowest BCUT2D eigenvalue weighted by atomic mass is 10.1. The zero-order chi connectivity index (χ0) is 25.0. The van der Waals surface area contributed by atoms with Crippen LogP contribution in [0.2, 0.25) is 0 Å². The molecule has 1 aliphatic rings. The molecule has 192 valence electrons. The van der Waals surface area contributed by atoms with Gasteiger partial charge in [0.05, 0.1) is 46.8 Å². The highest BCUT2D eigenvalue weighted by molar-refractivity contribution is 5.83. The van der Waals surface area contributed by atoms with E-state index in [1.807, 2.05) is 24.3 Å². The molecular formula is C26H37N3O6. The van der Waals surface area contributed by atoms with E-state index in [1.54, 1.807) is 36.3 Å². The number of amides is 2. The van der Waals surface area contributed by atoms with Crippen LogP contribution in [0.1, 0.15) is 24.7 Å². The highest BCUT2D eigenvalue weighted by Crippen LogP contribution is 2.27. The SMILES string of the molecule is COc1ccc(CCN(Cc2ccco2)C(=O)CN(CCCN2CCOCC2)C(C)=O)cc1OC. The van der Waals surface area contributed by atoms with E-state index in [-0.39, 0.29) is 18.4 Å². The van der Waals surface area contributed by atoms with Crippen LogP contribution in [0.25, 0.3) is 0 Å². The van der Waals surface area contributed by atoms with Gasteiger partial charge in [0, 0.05) is 39.6 Å². The van der Waals surface area contributed by atoms with Crippen molar-refractivity contribution in [3.63, 3.8) is 0 Å². The first-order valence-corrected chi connectivity index (χ1v) is 12.1. The summed E-state index contributed by atoms with van der Waals surface area (Å²) >= 11 is 0. The van der Waals surface area contributed by atoms with Gasteiger partial charge in [-0.3, -0.25) is 14.5 Å². The van der Waals surface area contributed by atoms with Crippen LogP contribution in [0, 0.1) is 0 Å². The van der Waals surface area contributed by atoms with Crippen LogP contribution in [0.3, 0.4) is 0 Å². The predicted octanol–water partition coefficient (Wildman–Crippen LogP) is 2.44. The molecule has 0 spiro atoms. The lowest BCUT2D eigenvalue weighted by molar-refractivity contribution is -0.140. The number of hydrogen-bond acceptors (Lipinski definition) is 7. The molecule has 1 aromatic heterocycles. The third-order valence-electron chi connectivity index (χ3n) is 6.18. The fourth-order valence-electron chi connectivity index (χ4n) is 4.10. The first-order valence-electron chi connectivity index (χ1n) is 12.1. The van der Waals surface area contributed by atoms with Crippen molar-refractivity contribution >= 4 is 11.8 Å². The van der Waals surface area contributed by atoms with Crippen LogP contribution in [0.4, 0.5) is 0 Å². The zero-order valence-electron chi connectivity index (χ0n) is 21.0. The van der Waals surface area contributed by atoms with Gasteiger partial charge in [-0.1, -0.05) is 6.07 Å². The van der Waals surface area contributed by atoms with Gasteiger partial charge in [0.25, 0.3) is 0 Å². The number of ether oxygens (including phenoxy) is 3. The van der Waals surface area contributed by atoms with Crippen LogP contribution in [-0.2, 0) is 27.3 Å². The summed E-state index contributed by atoms with van der Waals surface area (Å²) in [5, 5.41) is 0. The first-order chi connectivity index (χ1) is 17.0. The van der Waals surface area contributed by atoms with Gasteiger partial charge < -0.3 is 28.4 Å². The van der Waals surface area contributed by atoms with Gasteiger partial charge in [-0.25, -0.2) is 0 Å². The molecule has 0 atom stereocenters. The van der Waals surface area contributed by atoms with Crippen LogP contribution in [0.5, 0.6) is 11.5 Å². The average Bonchev–Trinajstić information content (AvgIpc) is 3.39. The molecule has 0 radical (unpaired) electrons. The quantitative estimate of drug-likeness (QED) is 0.429. The Labute approximate surface area is 207 Å². The maximum atomic E-state index is 13.3. The van der Waals surface area contributed by atoms with E-state index in [1.165, 1.54) is 6.92 Å². The van der Waals surface area contributed by atoms with Crippen molar-refractivity contribution in [3.05, 3.63) is 47.9 Å². The third-order valence-corrected chi connectivity index (χ3v) is 6.18. The fraction of sp³-hybridized carbons (Fsp3) is 0.538. The van der Waals surface area contributed by atoms with E-state index in [4.69, 9.17) is 18.6 Å². The number of nitrogens with zero attached hydrogens (tertiary/aromatic N) is 3. The van der Waals surface area contributed by atoms with Crippen LogP contribution in [-0.4, -0.2) is 93.2 Å². The predicted molar refractivity (Wildman–Crippen MR) is 132 cm³/mol. The van der Waals surface area contributed by atoms with E-state index >= 15 is 0 Å². The summed E-state index contributed by atoms with van der Waals surface area (Å²) in [5.74, 6) is 1.81. The van der Waals surface area contributed by atoms with Gasteiger partial charge in [-0.15, -0.1) is 0 Å². The van der Waals surface area contributed by atoms with Gasteiger partial charge >= 0.3 is 0 Å². The van der Waals surface area contributed by atoms with Crippen LogP contribution >= 0.6 is 0 Å². The number of furan rings is 1. The highest BCUT2D eigenvalue weighted by Gasteiger charge is 2.21. The van der Waals surface area contributed by atoms with Crippen molar-refractivity contribution in [2.24, 2.45) is 0 Å². The molecule has 2 aromatic rings. The maximum absolute atomic E-state index is 13.3. The minimum Gasteiger partial charge on any atom is -0.493 e. The molecule has 9 heteroatoms. The van der Waals surface area contributed by atoms with Crippen molar-refractivity contribution in [1.82, 2.24) is 14.7 Å². The highest BCUT2D eigenvalue weighted by atomic mass is 16.5.